The van der Waals surface area contributed by atoms with Gasteiger partial charge in [-0.2, -0.15) is 5.10 Å². The Morgan fingerprint density at radius 2 is 2.25 bits per heavy atom. The van der Waals surface area contributed by atoms with E-state index in [2.05, 4.69) is 20.5 Å². The molecular formula is C13H17N5O2. The average Bonchev–Trinajstić information content (AvgIpc) is 2.72. The highest BCUT2D eigenvalue weighted by Gasteiger charge is 2.16. The highest BCUT2D eigenvalue weighted by Crippen LogP contribution is 2.18. The number of aromatic nitrogens is 4. The fraction of sp³-hybridized carbons (Fsp3) is 0.385. The monoisotopic (exact) mass is 275 g/mol. The number of carbonyl (C=O) groups excluding carboxylic acids is 1. The van der Waals surface area contributed by atoms with Crippen LogP contribution in [0.2, 0.25) is 0 Å². The predicted molar refractivity (Wildman–Crippen MR) is 73.1 cm³/mol. The van der Waals surface area contributed by atoms with Crippen molar-refractivity contribution in [2.24, 2.45) is 0 Å². The maximum Gasteiger partial charge on any atom is 0.347 e. The molecule has 1 amide bonds. The van der Waals surface area contributed by atoms with Crippen molar-refractivity contribution in [2.45, 2.75) is 33.4 Å². The maximum absolute atomic E-state index is 12.0. The molecule has 2 N–H and O–H groups in total. The molecule has 0 spiro atoms. The Kier molecular flexibility index (Phi) is 3.97. The zero-order chi connectivity index (χ0) is 14.7. The molecule has 20 heavy (non-hydrogen) atoms. The molecule has 1 atom stereocenters. The van der Waals surface area contributed by atoms with Gasteiger partial charge in [-0.05, 0) is 26.8 Å². The number of carbonyl (C=O) groups is 1. The number of nitrogens with one attached hydrogen (secondary N) is 2. The summed E-state index contributed by atoms with van der Waals surface area (Å²) in [5.74, 6) is -0.243. The number of hydrogen-bond acceptors (Lipinski definition) is 4. The Bertz CT molecular complexity index is 654. The smallest absolute Gasteiger partial charge is 0.347 e. The number of amides is 1. The molecule has 7 nitrogen and oxygen atoms in total. The Balaban J connectivity index is 2.06. The molecule has 0 aliphatic rings. The Morgan fingerprint density at radius 3 is 2.85 bits per heavy atom. The zero-order valence-electron chi connectivity index (χ0n) is 11.7. The fourth-order valence-corrected chi connectivity index (χ4v) is 2.22. The number of aryl methyl sites for hydroxylation is 2. The lowest BCUT2D eigenvalue weighted by Gasteiger charge is -2.15. The highest BCUT2D eigenvalue weighted by atomic mass is 16.2. The Labute approximate surface area is 116 Å². The molecule has 0 bridgehead atoms. The minimum atomic E-state index is -0.439. The fourth-order valence-electron chi connectivity index (χ4n) is 2.22. The van der Waals surface area contributed by atoms with Gasteiger partial charge < -0.3 is 5.32 Å². The molecule has 2 rings (SSSR count). The minimum Gasteiger partial charge on any atom is -0.348 e. The van der Waals surface area contributed by atoms with Crippen LogP contribution in [-0.4, -0.2) is 25.7 Å². The van der Waals surface area contributed by atoms with Crippen LogP contribution in [0.25, 0.3) is 0 Å². The van der Waals surface area contributed by atoms with E-state index in [1.165, 1.54) is 17.0 Å². The Hall–Kier alpha value is -2.44. The second-order valence-electron chi connectivity index (χ2n) is 4.67. The summed E-state index contributed by atoms with van der Waals surface area (Å²) >= 11 is 0. The molecule has 0 saturated carbocycles. The van der Waals surface area contributed by atoms with Gasteiger partial charge >= 0.3 is 5.69 Å². The van der Waals surface area contributed by atoms with Crippen LogP contribution in [-0.2, 0) is 11.3 Å². The van der Waals surface area contributed by atoms with E-state index < -0.39 is 5.69 Å². The van der Waals surface area contributed by atoms with Crippen molar-refractivity contribution in [1.82, 2.24) is 25.1 Å². The van der Waals surface area contributed by atoms with E-state index in [9.17, 15) is 9.59 Å². The van der Waals surface area contributed by atoms with E-state index in [0.717, 1.165) is 17.0 Å². The lowest BCUT2D eigenvalue weighted by molar-refractivity contribution is -0.122. The van der Waals surface area contributed by atoms with E-state index in [4.69, 9.17) is 0 Å². The van der Waals surface area contributed by atoms with Crippen LogP contribution in [0.5, 0.6) is 0 Å². The molecule has 106 valence electrons. The van der Waals surface area contributed by atoms with Crippen molar-refractivity contribution in [3.63, 3.8) is 0 Å². The van der Waals surface area contributed by atoms with Gasteiger partial charge in [0.1, 0.15) is 6.54 Å². The summed E-state index contributed by atoms with van der Waals surface area (Å²) in [6, 6.07) is 1.44. The van der Waals surface area contributed by atoms with Crippen LogP contribution in [0.1, 0.15) is 29.9 Å². The van der Waals surface area contributed by atoms with Crippen LogP contribution >= 0.6 is 0 Å². The molecule has 0 saturated heterocycles. The van der Waals surface area contributed by atoms with E-state index in [0.29, 0.717) is 0 Å². The van der Waals surface area contributed by atoms with Gasteiger partial charge in [-0.3, -0.25) is 14.5 Å². The molecule has 2 heterocycles. The van der Waals surface area contributed by atoms with Crippen LogP contribution in [0, 0.1) is 13.8 Å². The second-order valence-corrected chi connectivity index (χ2v) is 4.67. The number of rotatable bonds is 4. The third-order valence-corrected chi connectivity index (χ3v) is 3.09. The maximum atomic E-state index is 12.0. The third kappa shape index (κ3) is 2.93. The van der Waals surface area contributed by atoms with Gasteiger partial charge in [0.05, 0.1) is 11.7 Å². The summed E-state index contributed by atoms with van der Waals surface area (Å²) < 4.78 is 1.26. The topological polar surface area (TPSA) is 92.7 Å². The van der Waals surface area contributed by atoms with Crippen LogP contribution in [0.4, 0.5) is 0 Å². The average molecular weight is 275 g/mol. The number of H-pyrrole nitrogens is 1. The molecule has 2 aromatic heterocycles. The molecule has 0 aliphatic carbocycles. The van der Waals surface area contributed by atoms with Gasteiger partial charge in [0.25, 0.3) is 0 Å². The molecule has 0 aromatic carbocycles. The summed E-state index contributed by atoms with van der Waals surface area (Å²) in [6.45, 7) is 5.62. The standard InChI is InChI=1S/C13H17N5O2/c1-8(12-9(2)16-17-10(12)3)15-11(19)7-18-6-4-5-14-13(18)20/h4-6,8H,7H2,1-3H3,(H,15,19)(H,16,17)/t8-/m1/s1. The summed E-state index contributed by atoms with van der Waals surface area (Å²) in [6.07, 6.45) is 2.94. The van der Waals surface area contributed by atoms with E-state index in [1.54, 1.807) is 6.07 Å². The summed E-state index contributed by atoms with van der Waals surface area (Å²) in [5.41, 5.74) is 2.31. The molecule has 0 fully saturated rings. The molecule has 7 heteroatoms. The third-order valence-electron chi connectivity index (χ3n) is 3.09. The molecular weight excluding hydrogens is 258 g/mol. The van der Waals surface area contributed by atoms with Gasteiger partial charge in [-0.25, -0.2) is 9.78 Å². The lowest BCUT2D eigenvalue weighted by Crippen LogP contribution is -2.34. The van der Waals surface area contributed by atoms with Crippen molar-refractivity contribution in [1.29, 1.82) is 0 Å². The number of nitrogens with zero attached hydrogens (tertiary/aromatic N) is 3. The van der Waals surface area contributed by atoms with E-state index >= 15 is 0 Å². The predicted octanol–water partition coefficient (Wildman–Crippen LogP) is 0.461. The van der Waals surface area contributed by atoms with Gasteiger partial charge in [0.2, 0.25) is 5.91 Å². The first-order chi connectivity index (χ1) is 9.49. The second kappa shape index (κ2) is 5.68. The van der Waals surface area contributed by atoms with Crippen molar-refractivity contribution in [3.8, 4) is 0 Å². The van der Waals surface area contributed by atoms with Gasteiger partial charge in [-0.15, -0.1) is 0 Å². The van der Waals surface area contributed by atoms with E-state index in [1.807, 2.05) is 20.8 Å². The minimum absolute atomic E-state index is 0.0487. The quantitative estimate of drug-likeness (QED) is 0.847. The van der Waals surface area contributed by atoms with Crippen molar-refractivity contribution in [3.05, 3.63) is 45.9 Å². The van der Waals surface area contributed by atoms with Gasteiger partial charge in [0, 0.05) is 23.7 Å². The zero-order valence-corrected chi connectivity index (χ0v) is 11.7. The first-order valence-electron chi connectivity index (χ1n) is 6.31. The first-order valence-corrected chi connectivity index (χ1v) is 6.31. The van der Waals surface area contributed by atoms with Crippen molar-refractivity contribution >= 4 is 5.91 Å². The van der Waals surface area contributed by atoms with Gasteiger partial charge in [-0.1, -0.05) is 0 Å². The van der Waals surface area contributed by atoms with Crippen molar-refractivity contribution < 1.29 is 4.79 Å². The van der Waals surface area contributed by atoms with Crippen LogP contribution in [0.15, 0.2) is 23.3 Å². The number of hydrogen-bond donors (Lipinski definition) is 2. The summed E-state index contributed by atoms with van der Waals surface area (Å²) in [4.78, 5) is 27.0. The van der Waals surface area contributed by atoms with E-state index in [-0.39, 0.29) is 18.5 Å². The normalized spacial score (nSPS) is 12.2. The first kappa shape index (κ1) is 14.0. The molecule has 0 unspecified atom stereocenters. The largest absolute Gasteiger partial charge is 0.348 e. The molecule has 0 aliphatic heterocycles. The lowest BCUT2D eigenvalue weighted by atomic mass is 10.1. The highest BCUT2D eigenvalue weighted by molar-refractivity contribution is 5.76. The molecule has 2 aromatic rings. The SMILES string of the molecule is Cc1n[nH]c(C)c1[C@@H](C)NC(=O)Cn1cccnc1=O. The van der Waals surface area contributed by atoms with Crippen LogP contribution in [0.3, 0.4) is 0 Å². The summed E-state index contributed by atoms with van der Waals surface area (Å²) in [5, 5.41) is 9.84. The van der Waals surface area contributed by atoms with Crippen LogP contribution < -0.4 is 11.0 Å². The number of aromatic amines is 1. The Morgan fingerprint density at radius 1 is 1.50 bits per heavy atom. The van der Waals surface area contributed by atoms with Crippen molar-refractivity contribution in [2.75, 3.05) is 0 Å². The molecule has 0 radical (unpaired) electrons. The summed E-state index contributed by atoms with van der Waals surface area (Å²) in [7, 11) is 0. The van der Waals surface area contributed by atoms with Gasteiger partial charge in [0.15, 0.2) is 0 Å².